The van der Waals surface area contributed by atoms with Crippen molar-refractivity contribution in [1.82, 2.24) is 5.32 Å². The normalized spacial score (nSPS) is 12.5. The van der Waals surface area contributed by atoms with Gasteiger partial charge in [-0.1, -0.05) is 32.0 Å². The number of hydrogen-bond acceptors (Lipinski definition) is 4. The van der Waals surface area contributed by atoms with Crippen molar-refractivity contribution in [3.63, 3.8) is 0 Å². The third-order valence-corrected chi connectivity index (χ3v) is 4.57. The van der Waals surface area contributed by atoms with Crippen LogP contribution in [-0.2, 0) is 10.0 Å². The second kappa shape index (κ2) is 8.90. The first kappa shape index (κ1) is 20.8. The molecule has 6 nitrogen and oxygen atoms in total. The molecule has 7 heteroatoms. The summed E-state index contributed by atoms with van der Waals surface area (Å²) in [5, 5.41) is 3.05. The number of anilines is 1. The highest BCUT2D eigenvalue weighted by atomic mass is 32.2. The molecule has 0 aromatic heterocycles. The molecule has 1 amide bonds. The number of hydrogen-bond donors (Lipinski definition) is 2. The van der Waals surface area contributed by atoms with E-state index in [2.05, 4.69) is 23.9 Å². The topological polar surface area (TPSA) is 84.5 Å². The number of rotatable bonds is 8. The lowest BCUT2D eigenvalue weighted by Gasteiger charge is -2.21. The van der Waals surface area contributed by atoms with Crippen molar-refractivity contribution in [2.45, 2.75) is 26.3 Å². The summed E-state index contributed by atoms with van der Waals surface area (Å²) in [5.74, 6) is 0.886. The maximum Gasteiger partial charge on any atom is 0.251 e. The van der Waals surface area contributed by atoms with Crippen molar-refractivity contribution < 1.29 is 17.9 Å². The molecular weight excluding hydrogens is 364 g/mol. The Kier molecular flexibility index (Phi) is 6.85. The van der Waals surface area contributed by atoms with Gasteiger partial charge in [0.15, 0.2) is 0 Å². The van der Waals surface area contributed by atoms with Gasteiger partial charge < -0.3 is 10.1 Å². The molecule has 2 N–H and O–H groups in total. The molecule has 1 atom stereocenters. The van der Waals surface area contributed by atoms with Crippen LogP contribution >= 0.6 is 0 Å². The molecule has 27 heavy (non-hydrogen) atoms. The largest absolute Gasteiger partial charge is 0.497 e. The van der Waals surface area contributed by atoms with Gasteiger partial charge in [0.05, 0.1) is 19.4 Å². The first-order chi connectivity index (χ1) is 12.7. The van der Waals surface area contributed by atoms with Crippen LogP contribution in [0.15, 0.2) is 48.5 Å². The van der Waals surface area contributed by atoms with Gasteiger partial charge in [-0.25, -0.2) is 8.42 Å². The van der Waals surface area contributed by atoms with Crippen LogP contribution in [-0.4, -0.2) is 27.7 Å². The summed E-state index contributed by atoms with van der Waals surface area (Å²) in [6.07, 6.45) is 1.85. The molecule has 2 aromatic carbocycles. The van der Waals surface area contributed by atoms with Gasteiger partial charge in [-0.3, -0.25) is 9.52 Å². The van der Waals surface area contributed by atoms with Gasteiger partial charge in [0.25, 0.3) is 5.91 Å². The van der Waals surface area contributed by atoms with E-state index in [4.69, 9.17) is 4.74 Å². The van der Waals surface area contributed by atoms with Gasteiger partial charge in [-0.05, 0) is 48.2 Å². The zero-order chi connectivity index (χ0) is 20.0. The standard InChI is InChI=1S/C20H26N2O4S/c1-14(2)12-19(15-8-10-18(26-3)11-9-15)21-20(23)16-6-5-7-17(13-16)22-27(4,24)25/h5-11,13-14,19,22H,12H2,1-4H3,(H,21,23). The predicted molar refractivity (Wildman–Crippen MR) is 108 cm³/mol. The molecule has 2 aromatic rings. The SMILES string of the molecule is COc1ccc(C(CC(C)C)NC(=O)c2cccc(NS(C)(=O)=O)c2)cc1. The highest BCUT2D eigenvalue weighted by molar-refractivity contribution is 7.92. The van der Waals surface area contributed by atoms with E-state index >= 15 is 0 Å². The zero-order valence-corrected chi connectivity index (χ0v) is 16.8. The summed E-state index contributed by atoms with van der Waals surface area (Å²) in [6, 6.07) is 13.9. The molecule has 2 rings (SSSR count). The van der Waals surface area contributed by atoms with Crippen molar-refractivity contribution in [1.29, 1.82) is 0 Å². The van der Waals surface area contributed by atoms with E-state index in [1.54, 1.807) is 25.3 Å². The van der Waals surface area contributed by atoms with Crippen molar-refractivity contribution in [2.75, 3.05) is 18.1 Å². The average Bonchev–Trinajstić information content (AvgIpc) is 2.59. The van der Waals surface area contributed by atoms with Crippen LogP contribution in [0.2, 0.25) is 0 Å². The van der Waals surface area contributed by atoms with E-state index in [0.717, 1.165) is 24.0 Å². The number of methoxy groups -OCH3 is 1. The molecule has 0 bridgehead atoms. The summed E-state index contributed by atoms with van der Waals surface area (Å²) in [5.41, 5.74) is 1.74. The lowest BCUT2D eigenvalue weighted by atomic mass is 9.96. The second-order valence-corrected chi connectivity index (χ2v) is 8.63. The van der Waals surface area contributed by atoms with Crippen LogP contribution in [0.1, 0.15) is 42.2 Å². The highest BCUT2D eigenvalue weighted by Crippen LogP contribution is 2.24. The van der Waals surface area contributed by atoms with Crippen molar-refractivity contribution in [2.24, 2.45) is 5.92 Å². The van der Waals surface area contributed by atoms with Crippen LogP contribution in [0.4, 0.5) is 5.69 Å². The van der Waals surface area contributed by atoms with E-state index in [1.165, 1.54) is 6.07 Å². The summed E-state index contributed by atoms with van der Waals surface area (Å²) < 4.78 is 30.4. The fraction of sp³-hybridized carbons (Fsp3) is 0.350. The molecule has 0 aliphatic heterocycles. The molecule has 0 radical (unpaired) electrons. The number of ether oxygens (including phenoxy) is 1. The fourth-order valence-electron chi connectivity index (χ4n) is 2.77. The minimum absolute atomic E-state index is 0.157. The molecule has 0 aliphatic rings. The lowest BCUT2D eigenvalue weighted by molar-refractivity contribution is 0.0932. The Morgan fingerprint density at radius 1 is 1.11 bits per heavy atom. The minimum Gasteiger partial charge on any atom is -0.497 e. The van der Waals surface area contributed by atoms with E-state index < -0.39 is 10.0 Å². The predicted octanol–water partition coefficient (Wildman–Crippen LogP) is 3.58. The number of carbonyl (C=O) groups excluding carboxylic acids is 1. The summed E-state index contributed by atoms with van der Waals surface area (Å²) in [7, 11) is -1.79. The quantitative estimate of drug-likeness (QED) is 0.721. The maximum atomic E-state index is 12.7. The maximum absolute atomic E-state index is 12.7. The molecular formula is C20H26N2O4S. The second-order valence-electron chi connectivity index (χ2n) is 6.88. The van der Waals surface area contributed by atoms with Gasteiger partial charge in [0.1, 0.15) is 5.75 Å². The van der Waals surface area contributed by atoms with Gasteiger partial charge in [0.2, 0.25) is 10.0 Å². The lowest BCUT2D eigenvalue weighted by Crippen LogP contribution is -2.29. The number of amides is 1. The number of sulfonamides is 1. The van der Waals surface area contributed by atoms with Crippen LogP contribution in [0.25, 0.3) is 0 Å². The number of benzene rings is 2. The third kappa shape index (κ3) is 6.60. The molecule has 0 spiro atoms. The summed E-state index contributed by atoms with van der Waals surface area (Å²) in [6.45, 7) is 4.19. The third-order valence-electron chi connectivity index (χ3n) is 3.96. The number of carbonyl (C=O) groups is 1. The van der Waals surface area contributed by atoms with E-state index in [0.29, 0.717) is 17.2 Å². The van der Waals surface area contributed by atoms with Crippen molar-refractivity contribution >= 4 is 21.6 Å². The Bertz CT molecular complexity index is 877. The van der Waals surface area contributed by atoms with E-state index in [1.807, 2.05) is 24.3 Å². The first-order valence-electron chi connectivity index (χ1n) is 8.70. The molecule has 1 unspecified atom stereocenters. The van der Waals surface area contributed by atoms with Crippen LogP contribution in [0, 0.1) is 5.92 Å². The Balaban J connectivity index is 2.21. The van der Waals surface area contributed by atoms with Gasteiger partial charge in [0, 0.05) is 11.3 Å². The van der Waals surface area contributed by atoms with Crippen LogP contribution in [0.3, 0.4) is 0 Å². The number of nitrogens with one attached hydrogen (secondary N) is 2. The zero-order valence-electron chi connectivity index (χ0n) is 16.0. The van der Waals surface area contributed by atoms with Crippen molar-refractivity contribution in [3.05, 3.63) is 59.7 Å². The molecule has 0 fully saturated rings. The van der Waals surface area contributed by atoms with Crippen molar-refractivity contribution in [3.8, 4) is 5.75 Å². The highest BCUT2D eigenvalue weighted by Gasteiger charge is 2.18. The first-order valence-corrected chi connectivity index (χ1v) is 10.6. The molecule has 0 saturated heterocycles. The molecule has 0 saturated carbocycles. The Morgan fingerprint density at radius 3 is 2.33 bits per heavy atom. The average molecular weight is 391 g/mol. The van der Waals surface area contributed by atoms with Crippen LogP contribution in [0.5, 0.6) is 5.75 Å². The summed E-state index contributed by atoms with van der Waals surface area (Å²) in [4.78, 5) is 12.7. The monoisotopic (exact) mass is 390 g/mol. The fourth-order valence-corrected chi connectivity index (χ4v) is 3.32. The summed E-state index contributed by atoms with van der Waals surface area (Å²) >= 11 is 0. The Morgan fingerprint density at radius 2 is 1.78 bits per heavy atom. The van der Waals surface area contributed by atoms with Gasteiger partial charge in [-0.15, -0.1) is 0 Å². The molecule has 0 heterocycles. The van der Waals surface area contributed by atoms with Gasteiger partial charge >= 0.3 is 0 Å². The molecule has 146 valence electrons. The minimum atomic E-state index is -3.40. The van der Waals surface area contributed by atoms with E-state index in [-0.39, 0.29) is 11.9 Å². The van der Waals surface area contributed by atoms with E-state index in [9.17, 15) is 13.2 Å². The van der Waals surface area contributed by atoms with Crippen LogP contribution < -0.4 is 14.8 Å². The molecule has 0 aliphatic carbocycles. The Hall–Kier alpha value is -2.54. The van der Waals surface area contributed by atoms with Gasteiger partial charge in [-0.2, -0.15) is 0 Å². The Labute approximate surface area is 161 Å². The smallest absolute Gasteiger partial charge is 0.251 e.